The number of likely N-dealkylation sites (tertiary alicyclic amines) is 1. The van der Waals surface area contributed by atoms with Gasteiger partial charge >= 0.3 is 6.18 Å². The van der Waals surface area contributed by atoms with Crippen LogP contribution in [0.2, 0.25) is 0 Å². The number of carbonyl (C=O) groups is 2. The molecule has 1 fully saturated rings. The third-order valence-corrected chi connectivity index (χ3v) is 6.97. The quantitative estimate of drug-likeness (QED) is 0.605. The van der Waals surface area contributed by atoms with Crippen LogP contribution in [-0.2, 0) is 17.8 Å². The van der Waals surface area contributed by atoms with E-state index in [9.17, 15) is 22.8 Å². The van der Waals surface area contributed by atoms with Gasteiger partial charge in [0.25, 0.3) is 5.91 Å². The summed E-state index contributed by atoms with van der Waals surface area (Å²) < 4.78 is 41.4. The number of nitrogens with one attached hydrogen (secondary N) is 2. The lowest BCUT2D eigenvalue weighted by atomic mass is 9.98. The van der Waals surface area contributed by atoms with Crippen molar-refractivity contribution in [1.29, 1.82) is 0 Å². The molecule has 2 N–H and O–H groups in total. The van der Waals surface area contributed by atoms with Gasteiger partial charge in [-0.2, -0.15) is 13.2 Å². The summed E-state index contributed by atoms with van der Waals surface area (Å²) in [5, 5.41) is 5.75. The number of benzene rings is 1. The van der Waals surface area contributed by atoms with E-state index in [2.05, 4.69) is 15.6 Å². The molecule has 2 aliphatic heterocycles. The number of hydrogen-bond donors (Lipinski definition) is 2. The molecule has 1 aromatic heterocycles. The van der Waals surface area contributed by atoms with Crippen molar-refractivity contribution >= 4 is 17.6 Å². The Labute approximate surface area is 209 Å². The minimum atomic E-state index is -4.43. The maximum atomic E-state index is 13.8. The van der Waals surface area contributed by atoms with E-state index in [0.29, 0.717) is 38.4 Å². The Hall–Kier alpha value is -3.14. The van der Waals surface area contributed by atoms with Crippen LogP contribution in [-0.4, -0.2) is 71.5 Å². The fourth-order valence-corrected chi connectivity index (χ4v) is 4.82. The largest absolute Gasteiger partial charge is 0.394 e. The first-order chi connectivity index (χ1) is 17.2. The van der Waals surface area contributed by atoms with Crippen LogP contribution in [0.25, 0.3) is 0 Å². The van der Waals surface area contributed by atoms with Gasteiger partial charge in [0.2, 0.25) is 5.91 Å². The van der Waals surface area contributed by atoms with Gasteiger partial charge in [-0.3, -0.25) is 14.5 Å². The first-order valence-electron chi connectivity index (χ1n) is 12.3. The van der Waals surface area contributed by atoms with Gasteiger partial charge in [-0.15, -0.1) is 0 Å². The Morgan fingerprint density at radius 1 is 1.11 bits per heavy atom. The van der Waals surface area contributed by atoms with Gasteiger partial charge in [0, 0.05) is 64.0 Å². The van der Waals surface area contributed by atoms with E-state index in [1.165, 1.54) is 17.8 Å². The summed E-state index contributed by atoms with van der Waals surface area (Å²) in [5.74, 6) is -1.70. The van der Waals surface area contributed by atoms with Crippen molar-refractivity contribution in [2.75, 3.05) is 38.0 Å². The van der Waals surface area contributed by atoms with Crippen LogP contribution in [0.15, 0.2) is 42.6 Å². The molecule has 0 aliphatic carbocycles. The standard InChI is InChI=1S/C26H32F3N5O2/c1-18(35)34-12-8-23(9-13-34)32-24-14-20(6-10-30-24)25(36)31-15-22(26(27,28)29)17-33-11-7-19-4-2-3-5-21(19)16-33/h2-6,10,14,22-23H,7-9,11-13,15-17H2,1H3,(H,30,32)(H,31,36). The number of amides is 2. The Morgan fingerprint density at radius 3 is 2.53 bits per heavy atom. The molecule has 7 nitrogen and oxygen atoms in total. The predicted molar refractivity (Wildman–Crippen MR) is 130 cm³/mol. The second-order valence-electron chi connectivity index (χ2n) is 9.56. The van der Waals surface area contributed by atoms with Crippen LogP contribution in [0.3, 0.4) is 0 Å². The van der Waals surface area contributed by atoms with Gasteiger partial charge in [0.05, 0.1) is 5.92 Å². The molecule has 194 valence electrons. The lowest BCUT2D eigenvalue weighted by molar-refractivity contribution is -0.177. The number of carbonyl (C=O) groups excluding carboxylic acids is 2. The molecule has 36 heavy (non-hydrogen) atoms. The van der Waals surface area contributed by atoms with E-state index in [0.717, 1.165) is 18.4 Å². The molecule has 1 aromatic carbocycles. The van der Waals surface area contributed by atoms with Gasteiger partial charge in [-0.25, -0.2) is 4.98 Å². The fourth-order valence-electron chi connectivity index (χ4n) is 4.82. The van der Waals surface area contributed by atoms with E-state index >= 15 is 0 Å². The highest BCUT2D eigenvalue weighted by Gasteiger charge is 2.41. The second-order valence-corrected chi connectivity index (χ2v) is 9.56. The summed E-state index contributed by atoms with van der Waals surface area (Å²) in [6.07, 6.45) is -0.732. The number of rotatable bonds is 7. The van der Waals surface area contributed by atoms with Crippen molar-refractivity contribution in [3.8, 4) is 0 Å². The van der Waals surface area contributed by atoms with Crippen LogP contribution in [0.5, 0.6) is 0 Å². The predicted octanol–water partition coefficient (Wildman–Crippen LogP) is 3.47. The second kappa shape index (κ2) is 11.3. The normalized spacial score (nSPS) is 17.8. The molecule has 0 radical (unpaired) electrons. The van der Waals surface area contributed by atoms with Gasteiger partial charge in [0.15, 0.2) is 0 Å². The summed E-state index contributed by atoms with van der Waals surface area (Å²) in [7, 11) is 0. The highest BCUT2D eigenvalue weighted by Crippen LogP contribution is 2.29. The SMILES string of the molecule is CC(=O)N1CCC(Nc2cc(C(=O)NCC(CN3CCc4ccccc4C3)C(F)(F)F)ccn2)CC1. The van der Waals surface area contributed by atoms with Crippen molar-refractivity contribution in [3.63, 3.8) is 0 Å². The average molecular weight is 504 g/mol. The molecule has 2 aromatic rings. The molecule has 10 heteroatoms. The van der Waals surface area contributed by atoms with Crippen LogP contribution in [0, 0.1) is 5.92 Å². The summed E-state index contributed by atoms with van der Waals surface area (Å²) in [5.41, 5.74) is 2.48. The van der Waals surface area contributed by atoms with E-state index in [4.69, 9.17) is 0 Å². The molecule has 1 atom stereocenters. The Bertz CT molecular complexity index is 1070. The van der Waals surface area contributed by atoms with Gasteiger partial charge in [0.1, 0.15) is 5.82 Å². The molecule has 1 unspecified atom stereocenters. The monoisotopic (exact) mass is 503 g/mol. The van der Waals surface area contributed by atoms with Crippen LogP contribution in [0.4, 0.5) is 19.0 Å². The van der Waals surface area contributed by atoms with Crippen molar-refractivity contribution in [3.05, 3.63) is 59.3 Å². The Kier molecular flexibility index (Phi) is 8.13. The molecular formula is C26H32F3N5O2. The smallest absolute Gasteiger partial charge is 0.367 e. The topological polar surface area (TPSA) is 77.6 Å². The van der Waals surface area contributed by atoms with Gasteiger partial charge in [-0.1, -0.05) is 24.3 Å². The third kappa shape index (κ3) is 6.75. The zero-order valence-corrected chi connectivity index (χ0v) is 20.4. The molecule has 4 rings (SSSR count). The zero-order chi connectivity index (χ0) is 25.7. The molecule has 0 saturated carbocycles. The van der Waals surface area contributed by atoms with Crippen molar-refractivity contribution in [1.82, 2.24) is 20.1 Å². The van der Waals surface area contributed by atoms with E-state index in [1.54, 1.807) is 22.8 Å². The maximum Gasteiger partial charge on any atom is 0.394 e. The average Bonchev–Trinajstić information content (AvgIpc) is 2.86. The number of piperidine rings is 1. The molecular weight excluding hydrogens is 471 g/mol. The molecule has 2 amide bonds. The van der Waals surface area contributed by atoms with E-state index in [1.807, 2.05) is 24.3 Å². The van der Waals surface area contributed by atoms with E-state index in [-0.39, 0.29) is 24.1 Å². The Morgan fingerprint density at radius 2 is 1.83 bits per heavy atom. The molecule has 0 spiro atoms. The molecule has 3 heterocycles. The number of aromatic nitrogens is 1. The third-order valence-electron chi connectivity index (χ3n) is 6.97. The minimum absolute atomic E-state index is 0.0486. The van der Waals surface area contributed by atoms with Gasteiger partial charge in [-0.05, 0) is 42.5 Å². The number of halogens is 3. The Balaban J connectivity index is 1.32. The number of fused-ring (bicyclic) bond motifs is 1. The van der Waals surface area contributed by atoms with Crippen molar-refractivity contribution in [2.24, 2.45) is 5.92 Å². The first kappa shape index (κ1) is 25.9. The first-order valence-corrected chi connectivity index (χ1v) is 12.3. The summed E-state index contributed by atoms with van der Waals surface area (Å²) in [6.45, 7) is 3.22. The highest BCUT2D eigenvalue weighted by molar-refractivity contribution is 5.94. The minimum Gasteiger partial charge on any atom is -0.367 e. The molecule has 1 saturated heterocycles. The summed E-state index contributed by atoms with van der Waals surface area (Å²) in [4.78, 5) is 32.0. The summed E-state index contributed by atoms with van der Waals surface area (Å²) >= 11 is 0. The lowest BCUT2D eigenvalue weighted by Crippen LogP contribution is -2.45. The lowest BCUT2D eigenvalue weighted by Gasteiger charge is -2.32. The van der Waals surface area contributed by atoms with Crippen molar-refractivity contribution < 1.29 is 22.8 Å². The number of anilines is 1. The van der Waals surface area contributed by atoms with Crippen LogP contribution < -0.4 is 10.6 Å². The number of hydrogen-bond acceptors (Lipinski definition) is 5. The number of pyridine rings is 1. The van der Waals surface area contributed by atoms with Crippen molar-refractivity contribution in [2.45, 2.75) is 44.9 Å². The van der Waals surface area contributed by atoms with Crippen LogP contribution >= 0.6 is 0 Å². The molecule has 0 bridgehead atoms. The molecule has 2 aliphatic rings. The van der Waals surface area contributed by atoms with E-state index < -0.39 is 24.5 Å². The highest BCUT2D eigenvalue weighted by atomic mass is 19.4. The van der Waals surface area contributed by atoms with Gasteiger partial charge < -0.3 is 15.5 Å². The fraction of sp³-hybridized carbons (Fsp3) is 0.500. The summed E-state index contributed by atoms with van der Waals surface area (Å²) in [6, 6.07) is 11.0. The number of nitrogens with zero attached hydrogens (tertiary/aromatic N) is 3. The zero-order valence-electron chi connectivity index (χ0n) is 20.4. The van der Waals surface area contributed by atoms with Crippen LogP contribution in [0.1, 0.15) is 41.3 Å². The number of alkyl halides is 3. The maximum absolute atomic E-state index is 13.8.